The van der Waals surface area contributed by atoms with Crippen LogP contribution >= 0.6 is 34.8 Å². The summed E-state index contributed by atoms with van der Waals surface area (Å²) >= 11 is 18.4. The standard InChI is InChI=1S/C16H21BCl3NO2/c1-15(2)16(3,4)23-17(22-15)11(9-21-5)6-10-7-13(19)14(20)8-12(10)18/h6-8,21H,9H2,1-5H3. The molecule has 1 aromatic rings. The summed E-state index contributed by atoms with van der Waals surface area (Å²) in [6.07, 6.45) is 1.93. The maximum absolute atomic E-state index is 6.27. The van der Waals surface area contributed by atoms with Crippen LogP contribution in [0.1, 0.15) is 33.3 Å². The van der Waals surface area contributed by atoms with E-state index in [1.54, 1.807) is 12.1 Å². The predicted molar refractivity (Wildman–Crippen MR) is 99.5 cm³/mol. The Morgan fingerprint density at radius 1 is 1.04 bits per heavy atom. The van der Waals surface area contributed by atoms with Crippen molar-refractivity contribution in [2.24, 2.45) is 0 Å². The van der Waals surface area contributed by atoms with Gasteiger partial charge in [-0.2, -0.15) is 0 Å². The minimum absolute atomic E-state index is 0.397. The van der Waals surface area contributed by atoms with E-state index in [9.17, 15) is 0 Å². The van der Waals surface area contributed by atoms with E-state index in [2.05, 4.69) is 5.32 Å². The molecule has 7 heteroatoms. The van der Waals surface area contributed by atoms with Gasteiger partial charge >= 0.3 is 7.12 Å². The molecule has 126 valence electrons. The number of hydrogen-bond donors (Lipinski definition) is 1. The first-order chi connectivity index (χ1) is 10.6. The van der Waals surface area contributed by atoms with Crippen LogP contribution in [0.2, 0.25) is 15.1 Å². The molecule has 0 spiro atoms. The fraction of sp³-hybridized carbons (Fsp3) is 0.500. The van der Waals surface area contributed by atoms with Gasteiger partial charge in [0.1, 0.15) is 0 Å². The van der Waals surface area contributed by atoms with Crippen LogP contribution in [0, 0.1) is 0 Å². The molecule has 1 N–H and O–H groups in total. The van der Waals surface area contributed by atoms with Crippen LogP contribution in [-0.4, -0.2) is 31.9 Å². The Balaban J connectivity index is 2.38. The van der Waals surface area contributed by atoms with Gasteiger partial charge in [0.2, 0.25) is 0 Å². The Hall–Kier alpha value is -0.225. The van der Waals surface area contributed by atoms with Crippen molar-refractivity contribution in [2.75, 3.05) is 13.6 Å². The molecule has 0 unspecified atom stereocenters. The summed E-state index contributed by atoms with van der Waals surface area (Å²) in [5.74, 6) is 0. The van der Waals surface area contributed by atoms with E-state index >= 15 is 0 Å². The average molecular weight is 377 g/mol. The Kier molecular flexibility index (Phi) is 5.77. The highest BCUT2D eigenvalue weighted by atomic mass is 35.5. The lowest BCUT2D eigenvalue weighted by atomic mass is 9.77. The van der Waals surface area contributed by atoms with Crippen LogP contribution in [0.4, 0.5) is 0 Å². The van der Waals surface area contributed by atoms with Gasteiger partial charge in [-0.1, -0.05) is 40.9 Å². The minimum Gasteiger partial charge on any atom is -0.400 e. The van der Waals surface area contributed by atoms with Crippen molar-refractivity contribution in [3.8, 4) is 0 Å². The van der Waals surface area contributed by atoms with Gasteiger partial charge in [0.15, 0.2) is 0 Å². The normalized spacial score (nSPS) is 20.2. The second-order valence-corrected chi connectivity index (χ2v) is 7.85. The Labute approximate surface area is 153 Å². The minimum atomic E-state index is -0.446. The van der Waals surface area contributed by atoms with Crippen LogP contribution in [0.15, 0.2) is 17.6 Å². The molecule has 0 saturated carbocycles. The molecule has 1 fully saturated rings. The molecule has 1 heterocycles. The number of nitrogens with one attached hydrogen (secondary N) is 1. The highest BCUT2D eigenvalue weighted by Crippen LogP contribution is 2.39. The molecule has 0 atom stereocenters. The lowest BCUT2D eigenvalue weighted by molar-refractivity contribution is 0.00578. The van der Waals surface area contributed by atoms with Gasteiger partial charge in [-0.05, 0) is 57.9 Å². The average Bonchev–Trinajstić information content (AvgIpc) is 2.64. The summed E-state index contributed by atoms with van der Waals surface area (Å²) in [4.78, 5) is 0. The van der Waals surface area contributed by atoms with Crippen LogP contribution in [0.25, 0.3) is 6.08 Å². The van der Waals surface area contributed by atoms with E-state index in [1.807, 2.05) is 40.8 Å². The molecule has 0 amide bonds. The Morgan fingerprint density at radius 2 is 1.57 bits per heavy atom. The molecule has 1 saturated heterocycles. The monoisotopic (exact) mass is 375 g/mol. The topological polar surface area (TPSA) is 30.5 Å². The van der Waals surface area contributed by atoms with E-state index < -0.39 is 18.3 Å². The number of halogens is 3. The van der Waals surface area contributed by atoms with E-state index in [-0.39, 0.29) is 0 Å². The zero-order chi connectivity index (χ0) is 17.4. The third-order valence-corrected chi connectivity index (χ3v) is 5.37. The van der Waals surface area contributed by atoms with Gasteiger partial charge in [0, 0.05) is 11.6 Å². The van der Waals surface area contributed by atoms with Crippen molar-refractivity contribution >= 4 is 48.0 Å². The van der Waals surface area contributed by atoms with E-state index in [4.69, 9.17) is 44.1 Å². The van der Waals surface area contributed by atoms with Crippen molar-refractivity contribution in [1.29, 1.82) is 0 Å². The molecule has 0 bridgehead atoms. The molecular formula is C16H21BCl3NO2. The highest BCUT2D eigenvalue weighted by Gasteiger charge is 2.52. The van der Waals surface area contributed by atoms with Crippen molar-refractivity contribution in [3.63, 3.8) is 0 Å². The summed E-state index contributed by atoms with van der Waals surface area (Å²) in [5.41, 5.74) is 0.921. The van der Waals surface area contributed by atoms with Crippen LogP contribution in [0.5, 0.6) is 0 Å². The Morgan fingerprint density at radius 3 is 2.09 bits per heavy atom. The second kappa shape index (κ2) is 6.95. The highest BCUT2D eigenvalue weighted by molar-refractivity contribution is 6.56. The predicted octanol–water partition coefficient (Wildman–Crippen LogP) is 4.88. The fourth-order valence-corrected chi connectivity index (χ4v) is 2.86. The Bertz CT molecular complexity index is 616. The number of benzene rings is 1. The van der Waals surface area contributed by atoms with Crippen molar-refractivity contribution < 1.29 is 9.31 Å². The fourth-order valence-electron chi connectivity index (χ4n) is 2.25. The summed E-state index contributed by atoms with van der Waals surface area (Å²) < 4.78 is 12.2. The molecule has 23 heavy (non-hydrogen) atoms. The quantitative estimate of drug-likeness (QED) is 0.600. The molecule has 3 nitrogen and oxygen atoms in total. The van der Waals surface area contributed by atoms with Crippen LogP contribution in [0.3, 0.4) is 0 Å². The molecule has 2 rings (SSSR count). The third-order valence-electron chi connectivity index (χ3n) is 4.32. The first-order valence-corrected chi connectivity index (χ1v) is 8.56. The zero-order valence-electron chi connectivity index (χ0n) is 14.0. The van der Waals surface area contributed by atoms with Gasteiger partial charge in [-0.25, -0.2) is 0 Å². The molecule has 1 aromatic carbocycles. The van der Waals surface area contributed by atoms with Gasteiger partial charge in [-0.3, -0.25) is 0 Å². The van der Waals surface area contributed by atoms with Crippen molar-refractivity contribution in [2.45, 2.75) is 38.9 Å². The van der Waals surface area contributed by atoms with Gasteiger partial charge in [0.05, 0.1) is 21.2 Å². The van der Waals surface area contributed by atoms with Gasteiger partial charge < -0.3 is 14.6 Å². The summed E-state index contributed by atoms with van der Waals surface area (Å²) in [6, 6.07) is 3.38. The molecule has 0 aromatic heterocycles. The van der Waals surface area contributed by atoms with Gasteiger partial charge in [0.25, 0.3) is 0 Å². The van der Waals surface area contributed by atoms with Crippen LogP contribution < -0.4 is 5.32 Å². The van der Waals surface area contributed by atoms with Gasteiger partial charge in [-0.15, -0.1) is 0 Å². The molecule has 1 aliphatic rings. The lowest BCUT2D eigenvalue weighted by Crippen LogP contribution is -2.41. The van der Waals surface area contributed by atoms with E-state index in [0.717, 1.165) is 11.0 Å². The van der Waals surface area contributed by atoms with Crippen LogP contribution in [-0.2, 0) is 9.31 Å². The molecule has 1 aliphatic heterocycles. The van der Waals surface area contributed by atoms with E-state index in [1.165, 1.54) is 0 Å². The van der Waals surface area contributed by atoms with Crippen molar-refractivity contribution in [1.82, 2.24) is 5.32 Å². The number of likely N-dealkylation sites (N-methyl/N-ethyl adjacent to an activating group) is 1. The number of hydrogen-bond acceptors (Lipinski definition) is 3. The first-order valence-electron chi connectivity index (χ1n) is 7.42. The maximum Gasteiger partial charge on any atom is 0.491 e. The zero-order valence-corrected chi connectivity index (χ0v) is 16.2. The molecular weight excluding hydrogens is 355 g/mol. The third kappa shape index (κ3) is 4.06. The smallest absolute Gasteiger partial charge is 0.400 e. The summed E-state index contributed by atoms with van der Waals surface area (Å²) in [7, 11) is 1.42. The molecule has 0 aliphatic carbocycles. The maximum atomic E-state index is 6.27. The van der Waals surface area contributed by atoms with E-state index in [0.29, 0.717) is 21.6 Å². The van der Waals surface area contributed by atoms with Crippen molar-refractivity contribution in [3.05, 3.63) is 38.2 Å². The summed E-state index contributed by atoms with van der Waals surface area (Å²) in [6.45, 7) is 8.70. The second-order valence-electron chi connectivity index (χ2n) is 6.63. The summed E-state index contributed by atoms with van der Waals surface area (Å²) in [5, 5.41) is 4.56. The molecule has 0 radical (unpaired) electrons. The number of rotatable bonds is 4. The lowest BCUT2D eigenvalue weighted by Gasteiger charge is -2.32. The first kappa shape index (κ1) is 19.1. The SMILES string of the molecule is CNCC(=Cc1cc(Cl)c(Cl)cc1Cl)B1OC(C)(C)C(C)(C)O1. The largest absolute Gasteiger partial charge is 0.491 e.